The number of halogens is 2. The molecule has 0 saturated carbocycles. The van der Waals surface area contributed by atoms with Gasteiger partial charge in [-0.1, -0.05) is 30.3 Å². The van der Waals surface area contributed by atoms with E-state index in [-0.39, 0.29) is 19.8 Å². The summed E-state index contributed by atoms with van der Waals surface area (Å²) in [6.07, 6.45) is -3.31. The molecular weight excluding hydrogens is 296 g/mol. The summed E-state index contributed by atoms with van der Waals surface area (Å²) in [4.78, 5) is 13.4. The molecule has 22 heavy (non-hydrogen) atoms. The van der Waals surface area contributed by atoms with Gasteiger partial charge in [0.05, 0.1) is 25.3 Å². The summed E-state index contributed by atoms with van der Waals surface area (Å²) < 4.78 is 34.5. The van der Waals surface area contributed by atoms with E-state index in [9.17, 15) is 18.7 Å². The fourth-order valence-corrected chi connectivity index (χ4v) is 2.40. The molecule has 0 radical (unpaired) electrons. The first kappa shape index (κ1) is 16.6. The number of amides is 1. The monoisotopic (exact) mass is 315 g/mol. The topological polar surface area (TPSA) is 59.0 Å². The van der Waals surface area contributed by atoms with Gasteiger partial charge in [-0.05, 0) is 12.0 Å². The fraction of sp³-hybridized carbons (Fsp3) is 0.533. The second-order valence-corrected chi connectivity index (χ2v) is 5.11. The van der Waals surface area contributed by atoms with E-state index in [1.165, 1.54) is 4.90 Å². The Balaban J connectivity index is 1.85. The van der Waals surface area contributed by atoms with E-state index < -0.39 is 31.3 Å². The minimum absolute atomic E-state index is 0.122. The molecule has 5 nitrogen and oxygen atoms in total. The van der Waals surface area contributed by atoms with Crippen LogP contribution < -0.4 is 0 Å². The van der Waals surface area contributed by atoms with Crippen LogP contribution in [0.2, 0.25) is 0 Å². The highest BCUT2D eigenvalue weighted by Gasteiger charge is 2.36. The smallest absolute Gasteiger partial charge is 0.410 e. The van der Waals surface area contributed by atoms with Crippen LogP contribution in [0.15, 0.2) is 30.3 Å². The molecule has 2 atom stereocenters. The normalized spacial score (nSPS) is 21.4. The molecule has 0 spiro atoms. The van der Waals surface area contributed by atoms with Gasteiger partial charge in [-0.2, -0.15) is 0 Å². The average Bonchev–Trinajstić information content (AvgIpc) is 2.95. The van der Waals surface area contributed by atoms with Gasteiger partial charge in [0.15, 0.2) is 0 Å². The zero-order valence-electron chi connectivity index (χ0n) is 12.0. The SMILES string of the molecule is O=C(OCc1ccccc1)N1CC(OCC(F)F)CC1CO. The maximum absolute atomic E-state index is 12.2. The number of nitrogens with zero attached hydrogens (tertiary/aromatic N) is 1. The van der Waals surface area contributed by atoms with Crippen molar-refractivity contribution in [1.29, 1.82) is 0 Å². The van der Waals surface area contributed by atoms with Gasteiger partial charge in [0.2, 0.25) is 0 Å². The lowest BCUT2D eigenvalue weighted by Crippen LogP contribution is -2.38. The standard InChI is InChI=1S/C15H19F2NO4/c16-14(17)10-21-13-6-12(8-19)18(7-13)15(20)22-9-11-4-2-1-3-5-11/h1-5,12-14,19H,6-10H2. The molecule has 0 aromatic heterocycles. The minimum Gasteiger partial charge on any atom is -0.445 e. The van der Waals surface area contributed by atoms with E-state index in [0.717, 1.165) is 5.56 Å². The molecule has 0 aliphatic carbocycles. The lowest BCUT2D eigenvalue weighted by atomic mass is 10.2. The van der Waals surface area contributed by atoms with Gasteiger partial charge in [-0.3, -0.25) is 0 Å². The van der Waals surface area contributed by atoms with E-state index in [1.807, 2.05) is 30.3 Å². The van der Waals surface area contributed by atoms with Gasteiger partial charge >= 0.3 is 6.09 Å². The molecule has 1 amide bonds. The largest absolute Gasteiger partial charge is 0.445 e. The molecule has 1 fully saturated rings. The predicted octanol–water partition coefficient (Wildman–Crippen LogP) is 2.04. The maximum atomic E-state index is 12.2. The van der Waals surface area contributed by atoms with E-state index in [1.54, 1.807) is 0 Å². The Hall–Kier alpha value is -1.73. The summed E-state index contributed by atoms with van der Waals surface area (Å²) in [5.74, 6) is 0. The van der Waals surface area contributed by atoms with Crippen LogP contribution >= 0.6 is 0 Å². The summed E-state index contributed by atoms with van der Waals surface area (Å²) in [5.41, 5.74) is 0.848. The summed E-state index contributed by atoms with van der Waals surface area (Å²) in [5, 5.41) is 9.31. The molecule has 1 saturated heterocycles. The van der Waals surface area contributed by atoms with Crippen molar-refractivity contribution >= 4 is 6.09 Å². The Morgan fingerprint density at radius 3 is 2.73 bits per heavy atom. The van der Waals surface area contributed by atoms with Crippen LogP contribution in [0.5, 0.6) is 0 Å². The first-order valence-corrected chi connectivity index (χ1v) is 7.08. The Morgan fingerprint density at radius 1 is 1.36 bits per heavy atom. The van der Waals surface area contributed by atoms with E-state index in [0.29, 0.717) is 6.42 Å². The fourth-order valence-electron chi connectivity index (χ4n) is 2.40. The van der Waals surface area contributed by atoms with Gasteiger partial charge in [0.25, 0.3) is 6.43 Å². The number of carbonyl (C=O) groups excluding carboxylic acids is 1. The van der Waals surface area contributed by atoms with Gasteiger partial charge in [-0.25, -0.2) is 13.6 Å². The summed E-state index contributed by atoms with van der Waals surface area (Å²) in [7, 11) is 0. The van der Waals surface area contributed by atoms with Crippen molar-refractivity contribution in [2.24, 2.45) is 0 Å². The van der Waals surface area contributed by atoms with Crippen LogP contribution in [0.3, 0.4) is 0 Å². The molecule has 1 aromatic carbocycles. The van der Waals surface area contributed by atoms with E-state index in [2.05, 4.69) is 0 Å². The number of aliphatic hydroxyl groups is 1. The number of benzene rings is 1. The van der Waals surface area contributed by atoms with Gasteiger partial charge in [0, 0.05) is 0 Å². The third-order valence-electron chi connectivity index (χ3n) is 3.48. The quantitative estimate of drug-likeness (QED) is 0.873. The molecule has 1 heterocycles. The molecule has 1 aliphatic rings. The van der Waals surface area contributed by atoms with Gasteiger partial charge in [0.1, 0.15) is 13.2 Å². The highest BCUT2D eigenvalue weighted by molar-refractivity contribution is 5.68. The van der Waals surface area contributed by atoms with Crippen LogP contribution in [-0.4, -0.2) is 54.4 Å². The molecule has 0 bridgehead atoms. The van der Waals surface area contributed by atoms with Crippen molar-refractivity contribution in [2.75, 3.05) is 19.8 Å². The van der Waals surface area contributed by atoms with Crippen molar-refractivity contribution in [3.63, 3.8) is 0 Å². The van der Waals surface area contributed by atoms with Crippen molar-refractivity contribution in [1.82, 2.24) is 4.90 Å². The molecule has 1 N–H and O–H groups in total. The first-order chi connectivity index (χ1) is 10.6. The summed E-state index contributed by atoms with van der Waals surface area (Å²) in [6.45, 7) is -0.660. The molecule has 122 valence electrons. The molecule has 1 aliphatic heterocycles. The Kier molecular flexibility index (Phi) is 6.09. The number of likely N-dealkylation sites (tertiary alicyclic amines) is 1. The number of alkyl halides is 2. The number of carbonyl (C=O) groups is 1. The summed E-state index contributed by atoms with van der Waals surface area (Å²) in [6, 6.07) is 8.72. The zero-order valence-corrected chi connectivity index (χ0v) is 12.0. The second-order valence-electron chi connectivity index (χ2n) is 5.11. The first-order valence-electron chi connectivity index (χ1n) is 7.08. The molecule has 1 aromatic rings. The van der Waals surface area contributed by atoms with Crippen molar-refractivity contribution in [3.05, 3.63) is 35.9 Å². The van der Waals surface area contributed by atoms with E-state index in [4.69, 9.17) is 9.47 Å². The Labute approximate surface area is 127 Å². The van der Waals surface area contributed by atoms with Crippen molar-refractivity contribution in [2.45, 2.75) is 31.6 Å². The van der Waals surface area contributed by atoms with Crippen LogP contribution in [0, 0.1) is 0 Å². The lowest BCUT2D eigenvalue weighted by molar-refractivity contribution is -0.0199. The number of aliphatic hydroxyl groups excluding tert-OH is 1. The number of ether oxygens (including phenoxy) is 2. The molecule has 2 rings (SSSR count). The highest BCUT2D eigenvalue weighted by Crippen LogP contribution is 2.22. The Bertz CT molecular complexity index is 472. The third-order valence-corrected chi connectivity index (χ3v) is 3.48. The van der Waals surface area contributed by atoms with Crippen LogP contribution in [-0.2, 0) is 16.1 Å². The van der Waals surface area contributed by atoms with Crippen molar-refractivity contribution in [3.8, 4) is 0 Å². The Morgan fingerprint density at radius 2 is 2.09 bits per heavy atom. The average molecular weight is 315 g/mol. The molecular formula is C15H19F2NO4. The molecule has 2 unspecified atom stereocenters. The van der Waals surface area contributed by atoms with Gasteiger partial charge in [-0.15, -0.1) is 0 Å². The third kappa shape index (κ3) is 4.64. The lowest BCUT2D eigenvalue weighted by Gasteiger charge is -2.22. The summed E-state index contributed by atoms with van der Waals surface area (Å²) >= 11 is 0. The number of hydrogen-bond acceptors (Lipinski definition) is 4. The maximum Gasteiger partial charge on any atom is 0.410 e. The minimum atomic E-state index is -2.55. The number of hydrogen-bond donors (Lipinski definition) is 1. The van der Waals surface area contributed by atoms with Crippen LogP contribution in [0.1, 0.15) is 12.0 Å². The number of rotatable bonds is 6. The predicted molar refractivity (Wildman–Crippen MR) is 74.6 cm³/mol. The second kappa shape index (κ2) is 8.05. The van der Waals surface area contributed by atoms with Crippen LogP contribution in [0.4, 0.5) is 13.6 Å². The molecule has 7 heteroatoms. The van der Waals surface area contributed by atoms with E-state index >= 15 is 0 Å². The van der Waals surface area contributed by atoms with Crippen LogP contribution in [0.25, 0.3) is 0 Å². The van der Waals surface area contributed by atoms with Crippen molar-refractivity contribution < 1.29 is 28.2 Å². The zero-order chi connectivity index (χ0) is 15.9. The highest BCUT2D eigenvalue weighted by atomic mass is 19.3. The van der Waals surface area contributed by atoms with Gasteiger partial charge < -0.3 is 19.5 Å².